The second-order valence-electron chi connectivity index (χ2n) is 10.2. The van der Waals surface area contributed by atoms with Gasteiger partial charge in [0.1, 0.15) is 17.8 Å². The number of para-hydroxylation sites is 1. The van der Waals surface area contributed by atoms with Crippen LogP contribution in [0.5, 0.6) is 0 Å². The lowest BCUT2D eigenvalue weighted by Crippen LogP contribution is -2.52. The highest BCUT2D eigenvalue weighted by molar-refractivity contribution is 6.35. The van der Waals surface area contributed by atoms with Crippen LogP contribution >= 0.6 is 11.6 Å². The van der Waals surface area contributed by atoms with Crippen LogP contribution in [-0.2, 0) is 19.1 Å². The van der Waals surface area contributed by atoms with Crippen molar-refractivity contribution in [3.05, 3.63) is 35.0 Å². The fraction of sp³-hybridized carbons (Fsp3) is 0.520. The molecule has 4 N–H and O–H groups in total. The van der Waals surface area contributed by atoms with Gasteiger partial charge in [0.25, 0.3) is 5.91 Å². The van der Waals surface area contributed by atoms with Crippen molar-refractivity contribution in [2.45, 2.75) is 63.6 Å². The zero-order valence-corrected chi connectivity index (χ0v) is 20.8. The van der Waals surface area contributed by atoms with E-state index in [-0.39, 0.29) is 23.6 Å². The third kappa shape index (κ3) is 5.96. The van der Waals surface area contributed by atoms with Crippen LogP contribution in [0.1, 0.15) is 56.4 Å². The first kappa shape index (κ1) is 25.0. The SMILES string of the molecule is COC(=O)C(CC1CC(C)(C)NC1=O)NC(=O)C(CC1CC1)NC(=O)c1cc2cccc(Cl)c2[nH]1. The van der Waals surface area contributed by atoms with Crippen LogP contribution in [0, 0.1) is 11.8 Å². The molecule has 2 aromatic rings. The minimum absolute atomic E-state index is 0.123. The molecule has 1 aliphatic heterocycles. The van der Waals surface area contributed by atoms with Crippen molar-refractivity contribution in [2.75, 3.05) is 7.11 Å². The summed E-state index contributed by atoms with van der Waals surface area (Å²) < 4.78 is 4.89. The molecule has 35 heavy (non-hydrogen) atoms. The van der Waals surface area contributed by atoms with Gasteiger partial charge in [-0.25, -0.2) is 4.79 Å². The van der Waals surface area contributed by atoms with Crippen LogP contribution < -0.4 is 16.0 Å². The van der Waals surface area contributed by atoms with E-state index in [2.05, 4.69) is 20.9 Å². The summed E-state index contributed by atoms with van der Waals surface area (Å²) >= 11 is 6.21. The Kier molecular flexibility index (Phi) is 7.07. The van der Waals surface area contributed by atoms with E-state index in [4.69, 9.17) is 16.3 Å². The van der Waals surface area contributed by atoms with Crippen LogP contribution in [-0.4, -0.2) is 53.4 Å². The molecule has 0 bridgehead atoms. The van der Waals surface area contributed by atoms with Gasteiger partial charge >= 0.3 is 5.97 Å². The number of hydrogen-bond donors (Lipinski definition) is 4. The molecule has 3 atom stereocenters. The summed E-state index contributed by atoms with van der Waals surface area (Å²) in [6, 6.07) is 5.21. The largest absolute Gasteiger partial charge is 0.467 e. The van der Waals surface area contributed by atoms with Crippen LogP contribution in [0.15, 0.2) is 24.3 Å². The van der Waals surface area contributed by atoms with E-state index in [9.17, 15) is 19.2 Å². The van der Waals surface area contributed by atoms with Crippen LogP contribution in [0.25, 0.3) is 10.9 Å². The molecular formula is C25H31ClN4O5. The zero-order chi connectivity index (χ0) is 25.3. The highest BCUT2D eigenvalue weighted by Gasteiger charge is 2.41. The third-order valence-electron chi connectivity index (χ3n) is 6.65. The van der Waals surface area contributed by atoms with E-state index in [1.54, 1.807) is 18.2 Å². The summed E-state index contributed by atoms with van der Waals surface area (Å²) in [4.78, 5) is 54.1. The van der Waals surface area contributed by atoms with Crippen molar-refractivity contribution in [3.8, 4) is 0 Å². The number of carbonyl (C=O) groups is 4. The topological polar surface area (TPSA) is 129 Å². The van der Waals surface area contributed by atoms with Gasteiger partial charge in [-0.15, -0.1) is 0 Å². The summed E-state index contributed by atoms with van der Waals surface area (Å²) in [7, 11) is 1.24. The fourth-order valence-corrected chi connectivity index (χ4v) is 4.92. The summed E-state index contributed by atoms with van der Waals surface area (Å²) in [5.41, 5.74) is 0.555. The van der Waals surface area contributed by atoms with Gasteiger partial charge in [0.2, 0.25) is 11.8 Å². The Morgan fingerprint density at radius 1 is 1.17 bits per heavy atom. The Bertz CT molecular complexity index is 1160. The van der Waals surface area contributed by atoms with E-state index in [0.29, 0.717) is 29.3 Å². The summed E-state index contributed by atoms with van der Waals surface area (Å²) in [5, 5.41) is 9.72. The number of aromatic amines is 1. The summed E-state index contributed by atoms with van der Waals surface area (Å²) in [6.45, 7) is 3.82. The Morgan fingerprint density at radius 3 is 2.51 bits per heavy atom. The minimum Gasteiger partial charge on any atom is -0.467 e. The average molecular weight is 503 g/mol. The lowest BCUT2D eigenvalue weighted by Gasteiger charge is -2.23. The Balaban J connectivity index is 1.47. The normalized spacial score (nSPS) is 20.7. The predicted octanol–water partition coefficient (Wildman–Crippen LogP) is 2.68. The molecule has 10 heteroatoms. The van der Waals surface area contributed by atoms with Crippen molar-refractivity contribution >= 4 is 46.2 Å². The molecule has 2 fully saturated rings. The number of rotatable bonds is 9. The van der Waals surface area contributed by atoms with Gasteiger partial charge in [0.05, 0.1) is 17.6 Å². The molecule has 0 spiro atoms. The van der Waals surface area contributed by atoms with E-state index >= 15 is 0 Å². The molecule has 3 unspecified atom stereocenters. The molecule has 3 amide bonds. The minimum atomic E-state index is -0.998. The monoisotopic (exact) mass is 502 g/mol. The number of aromatic nitrogens is 1. The lowest BCUT2D eigenvalue weighted by molar-refractivity contribution is -0.146. The molecular weight excluding hydrogens is 472 g/mol. The van der Waals surface area contributed by atoms with Gasteiger partial charge in [-0.3, -0.25) is 14.4 Å². The van der Waals surface area contributed by atoms with Crippen molar-refractivity contribution in [1.29, 1.82) is 0 Å². The third-order valence-corrected chi connectivity index (χ3v) is 6.96. The van der Waals surface area contributed by atoms with Crippen molar-refractivity contribution in [1.82, 2.24) is 20.9 Å². The number of benzene rings is 1. The van der Waals surface area contributed by atoms with Crippen molar-refractivity contribution < 1.29 is 23.9 Å². The van der Waals surface area contributed by atoms with Crippen molar-refractivity contribution in [2.24, 2.45) is 11.8 Å². The van der Waals surface area contributed by atoms with Gasteiger partial charge in [-0.05, 0) is 51.2 Å². The molecule has 1 saturated heterocycles. The highest BCUT2D eigenvalue weighted by atomic mass is 35.5. The number of fused-ring (bicyclic) bond motifs is 1. The van der Waals surface area contributed by atoms with Gasteiger partial charge in [0, 0.05) is 16.8 Å². The molecule has 4 rings (SSSR count). The highest BCUT2D eigenvalue weighted by Crippen LogP contribution is 2.34. The molecule has 1 aliphatic carbocycles. The number of halogens is 1. The van der Waals surface area contributed by atoms with Crippen LogP contribution in [0.2, 0.25) is 5.02 Å². The maximum absolute atomic E-state index is 13.2. The zero-order valence-electron chi connectivity index (χ0n) is 20.1. The summed E-state index contributed by atoms with van der Waals surface area (Å²) in [5.74, 6) is -1.80. The van der Waals surface area contributed by atoms with Gasteiger partial charge in [-0.1, -0.05) is 36.6 Å². The molecule has 1 aromatic heterocycles. The standard InChI is InChI=1S/C25H31ClN4O5/c1-25(2)12-15(21(31)30-25)11-19(24(34)35-3)29-22(32)17(9-13-7-8-13)28-23(33)18-10-14-5-4-6-16(26)20(14)27-18/h4-6,10,13,15,17,19,27H,7-9,11-12H2,1-3H3,(H,28,33)(H,29,32)(H,30,31). The maximum Gasteiger partial charge on any atom is 0.328 e. The Morgan fingerprint density at radius 2 is 1.91 bits per heavy atom. The van der Waals surface area contributed by atoms with E-state index in [1.807, 2.05) is 19.9 Å². The molecule has 9 nitrogen and oxygen atoms in total. The molecule has 0 radical (unpaired) electrons. The first-order valence-corrected chi connectivity index (χ1v) is 12.2. The quantitative estimate of drug-likeness (QED) is 0.392. The number of esters is 1. The number of amides is 3. The van der Waals surface area contributed by atoms with Crippen molar-refractivity contribution in [3.63, 3.8) is 0 Å². The second kappa shape index (κ2) is 9.89. The lowest BCUT2D eigenvalue weighted by atomic mass is 9.91. The molecule has 2 heterocycles. The first-order valence-electron chi connectivity index (χ1n) is 11.8. The second-order valence-corrected chi connectivity index (χ2v) is 10.6. The maximum atomic E-state index is 13.2. The number of hydrogen-bond acceptors (Lipinski definition) is 5. The molecule has 188 valence electrons. The molecule has 1 saturated carbocycles. The van der Waals surface area contributed by atoms with Crippen LogP contribution in [0.4, 0.5) is 0 Å². The number of nitrogens with one attached hydrogen (secondary N) is 4. The van der Waals surface area contributed by atoms with Gasteiger partial charge < -0.3 is 25.7 Å². The first-order chi connectivity index (χ1) is 16.6. The van der Waals surface area contributed by atoms with E-state index in [0.717, 1.165) is 18.2 Å². The smallest absolute Gasteiger partial charge is 0.328 e. The predicted molar refractivity (Wildman–Crippen MR) is 131 cm³/mol. The Hall–Kier alpha value is -3.07. The molecule has 2 aliphatic rings. The summed E-state index contributed by atoms with van der Waals surface area (Å²) in [6.07, 6.45) is 3.10. The number of methoxy groups -OCH3 is 1. The Labute approximate surface area is 208 Å². The molecule has 1 aromatic carbocycles. The van der Waals surface area contributed by atoms with Crippen LogP contribution in [0.3, 0.4) is 0 Å². The van der Waals surface area contributed by atoms with E-state index in [1.165, 1.54) is 7.11 Å². The fourth-order valence-electron chi connectivity index (χ4n) is 4.69. The van der Waals surface area contributed by atoms with Gasteiger partial charge in [-0.2, -0.15) is 0 Å². The number of H-pyrrole nitrogens is 1. The number of ether oxygens (including phenoxy) is 1. The van der Waals surface area contributed by atoms with E-state index < -0.39 is 35.8 Å². The van der Waals surface area contributed by atoms with Gasteiger partial charge in [0.15, 0.2) is 0 Å². The number of carbonyl (C=O) groups excluding carboxylic acids is 4. The average Bonchev–Trinajstić information content (AvgIpc) is 3.43.